The number of furan rings is 1. The van der Waals surface area contributed by atoms with Crippen LogP contribution >= 0.6 is 0 Å². The van der Waals surface area contributed by atoms with Crippen LogP contribution in [0.4, 0.5) is 0 Å². The fourth-order valence-corrected chi connectivity index (χ4v) is 2.07. The zero-order valence-electron chi connectivity index (χ0n) is 13.7. The van der Waals surface area contributed by atoms with Crippen LogP contribution in [-0.4, -0.2) is 29.9 Å². The van der Waals surface area contributed by atoms with Gasteiger partial charge < -0.3 is 19.6 Å². The second-order valence-corrected chi connectivity index (χ2v) is 6.61. The third-order valence-corrected chi connectivity index (χ3v) is 3.27. The van der Waals surface area contributed by atoms with E-state index in [1.54, 1.807) is 12.5 Å². The molecule has 1 atom stereocenters. The van der Waals surface area contributed by atoms with Gasteiger partial charge in [-0.25, -0.2) is 0 Å². The van der Waals surface area contributed by atoms with Crippen molar-refractivity contribution in [2.75, 3.05) is 13.2 Å². The third kappa shape index (κ3) is 4.90. The lowest BCUT2D eigenvalue weighted by Gasteiger charge is -2.23. The number of nitrogens with one attached hydrogen (secondary N) is 1. The van der Waals surface area contributed by atoms with E-state index in [2.05, 4.69) is 26.1 Å². The Balaban J connectivity index is 2.02. The fourth-order valence-electron chi connectivity index (χ4n) is 2.07. The van der Waals surface area contributed by atoms with Crippen molar-refractivity contribution in [3.8, 4) is 16.9 Å². The molecule has 0 amide bonds. The highest BCUT2D eigenvalue weighted by Gasteiger charge is 2.14. The molecule has 0 aliphatic rings. The lowest BCUT2D eigenvalue weighted by Crippen LogP contribution is -2.42. The molecular formula is C18H25NO3. The van der Waals surface area contributed by atoms with Gasteiger partial charge in [-0.15, -0.1) is 0 Å². The zero-order valence-corrected chi connectivity index (χ0v) is 13.7. The summed E-state index contributed by atoms with van der Waals surface area (Å²) in [6.45, 7) is 8.96. The highest BCUT2D eigenvalue weighted by Crippen LogP contribution is 2.31. The highest BCUT2D eigenvalue weighted by molar-refractivity contribution is 5.69. The molecule has 1 aromatic heterocycles. The second-order valence-electron chi connectivity index (χ2n) is 6.61. The lowest BCUT2D eigenvalue weighted by molar-refractivity contribution is 0.100. The van der Waals surface area contributed by atoms with Crippen molar-refractivity contribution in [3.05, 3.63) is 42.4 Å². The lowest BCUT2D eigenvalue weighted by atomic mass is 10.1. The maximum atomic E-state index is 10.1. The highest BCUT2D eigenvalue weighted by atomic mass is 16.5. The third-order valence-electron chi connectivity index (χ3n) is 3.27. The van der Waals surface area contributed by atoms with Gasteiger partial charge in [-0.05, 0) is 45.4 Å². The van der Waals surface area contributed by atoms with Gasteiger partial charge in [0.15, 0.2) is 0 Å². The van der Waals surface area contributed by atoms with E-state index in [0.717, 1.165) is 22.4 Å². The van der Waals surface area contributed by atoms with Crippen LogP contribution in [0.15, 0.2) is 41.2 Å². The number of benzene rings is 1. The first-order valence-corrected chi connectivity index (χ1v) is 7.54. The molecule has 2 N–H and O–H groups in total. The molecule has 0 radical (unpaired) electrons. The molecule has 0 aliphatic carbocycles. The average Bonchev–Trinajstić information content (AvgIpc) is 2.96. The first-order valence-electron chi connectivity index (χ1n) is 7.54. The Morgan fingerprint density at radius 3 is 2.68 bits per heavy atom. The number of hydrogen-bond acceptors (Lipinski definition) is 4. The second kappa shape index (κ2) is 6.99. The quantitative estimate of drug-likeness (QED) is 0.859. The Bertz CT molecular complexity index is 585. The monoisotopic (exact) mass is 303 g/mol. The first-order chi connectivity index (χ1) is 10.3. The molecule has 0 aliphatic heterocycles. The number of aliphatic hydroxyl groups is 1. The van der Waals surface area contributed by atoms with Gasteiger partial charge >= 0.3 is 0 Å². The molecule has 120 valence electrons. The Kier molecular flexibility index (Phi) is 5.27. The summed E-state index contributed by atoms with van der Waals surface area (Å²) < 4.78 is 11.0. The van der Waals surface area contributed by atoms with Crippen molar-refractivity contribution < 1.29 is 14.3 Å². The molecule has 2 rings (SSSR count). The van der Waals surface area contributed by atoms with Crippen LogP contribution < -0.4 is 10.1 Å². The predicted octanol–water partition coefficient (Wildman–Crippen LogP) is 3.38. The smallest absolute Gasteiger partial charge is 0.127 e. The molecule has 1 unspecified atom stereocenters. The molecule has 1 heterocycles. The molecule has 0 spiro atoms. The largest absolute Gasteiger partial charge is 0.490 e. The molecule has 0 bridgehead atoms. The van der Waals surface area contributed by atoms with Gasteiger partial charge in [0.1, 0.15) is 18.5 Å². The van der Waals surface area contributed by atoms with Crippen molar-refractivity contribution >= 4 is 0 Å². The van der Waals surface area contributed by atoms with E-state index in [-0.39, 0.29) is 12.1 Å². The van der Waals surface area contributed by atoms with Crippen molar-refractivity contribution in [3.63, 3.8) is 0 Å². The molecule has 4 heteroatoms. The summed E-state index contributed by atoms with van der Waals surface area (Å²) in [6, 6.07) is 7.92. The van der Waals surface area contributed by atoms with Gasteiger partial charge in [0.05, 0.1) is 12.5 Å². The van der Waals surface area contributed by atoms with Gasteiger partial charge in [-0.1, -0.05) is 12.1 Å². The molecular weight excluding hydrogens is 278 g/mol. The van der Waals surface area contributed by atoms with Crippen LogP contribution in [0, 0.1) is 6.92 Å². The first kappa shape index (κ1) is 16.6. The Labute approximate surface area is 132 Å². The summed E-state index contributed by atoms with van der Waals surface area (Å²) in [4.78, 5) is 0. The van der Waals surface area contributed by atoms with Crippen LogP contribution in [-0.2, 0) is 0 Å². The van der Waals surface area contributed by atoms with E-state index in [4.69, 9.17) is 9.15 Å². The zero-order chi connectivity index (χ0) is 16.2. The maximum absolute atomic E-state index is 10.1. The number of β-amino-alcohol motifs (C(OH)–C–C–N with tert-alkyl or cyclic N) is 1. The maximum Gasteiger partial charge on any atom is 0.127 e. The van der Waals surface area contributed by atoms with Gasteiger partial charge in [0, 0.05) is 23.2 Å². The van der Waals surface area contributed by atoms with E-state index in [9.17, 15) is 5.11 Å². The van der Waals surface area contributed by atoms with Crippen LogP contribution in [0.5, 0.6) is 5.75 Å². The van der Waals surface area contributed by atoms with Crippen LogP contribution in [0.1, 0.15) is 26.3 Å². The molecule has 0 saturated carbocycles. The summed E-state index contributed by atoms with van der Waals surface area (Å²) >= 11 is 0. The van der Waals surface area contributed by atoms with Gasteiger partial charge in [-0.2, -0.15) is 0 Å². The predicted molar refractivity (Wildman–Crippen MR) is 88.1 cm³/mol. The number of aryl methyl sites for hydroxylation is 1. The number of aliphatic hydroxyl groups excluding tert-OH is 1. The molecule has 0 fully saturated rings. The SMILES string of the molecule is Cc1ccc(-c2ccoc2)c(OCC(O)CNC(C)(C)C)c1. The van der Waals surface area contributed by atoms with Crippen LogP contribution in [0.3, 0.4) is 0 Å². The number of ether oxygens (including phenoxy) is 1. The molecule has 1 aromatic carbocycles. The normalized spacial score (nSPS) is 13.1. The van der Waals surface area contributed by atoms with Gasteiger partial charge in [-0.3, -0.25) is 0 Å². The molecule has 2 aromatic rings. The summed E-state index contributed by atoms with van der Waals surface area (Å²) in [7, 11) is 0. The van der Waals surface area contributed by atoms with Crippen molar-refractivity contribution in [1.82, 2.24) is 5.32 Å². The number of rotatable bonds is 6. The van der Waals surface area contributed by atoms with Gasteiger partial charge in [0.2, 0.25) is 0 Å². The van der Waals surface area contributed by atoms with Gasteiger partial charge in [0.25, 0.3) is 0 Å². The standard InChI is InChI=1S/C18H25NO3/c1-13-5-6-16(14-7-8-21-11-14)17(9-13)22-12-15(20)10-19-18(2,3)4/h5-9,11,15,19-20H,10,12H2,1-4H3. The minimum absolute atomic E-state index is 0.0216. The summed E-state index contributed by atoms with van der Waals surface area (Å²) in [5, 5.41) is 13.3. The summed E-state index contributed by atoms with van der Waals surface area (Å²) in [5.41, 5.74) is 3.03. The molecule has 22 heavy (non-hydrogen) atoms. The minimum Gasteiger partial charge on any atom is -0.490 e. The Hall–Kier alpha value is -1.78. The van der Waals surface area contributed by atoms with Crippen molar-refractivity contribution in [2.24, 2.45) is 0 Å². The summed E-state index contributed by atoms with van der Waals surface area (Å²) in [6.07, 6.45) is 2.77. The van der Waals surface area contributed by atoms with E-state index >= 15 is 0 Å². The fraction of sp³-hybridized carbons (Fsp3) is 0.444. The molecule has 4 nitrogen and oxygen atoms in total. The topological polar surface area (TPSA) is 54.6 Å². The van der Waals surface area contributed by atoms with E-state index in [1.165, 1.54) is 0 Å². The van der Waals surface area contributed by atoms with E-state index in [1.807, 2.05) is 31.2 Å². The number of hydrogen-bond donors (Lipinski definition) is 2. The van der Waals surface area contributed by atoms with E-state index in [0.29, 0.717) is 6.54 Å². The molecule has 0 saturated heterocycles. The van der Waals surface area contributed by atoms with Crippen LogP contribution in [0.2, 0.25) is 0 Å². The average molecular weight is 303 g/mol. The Morgan fingerprint density at radius 1 is 1.27 bits per heavy atom. The van der Waals surface area contributed by atoms with E-state index < -0.39 is 6.10 Å². The summed E-state index contributed by atoms with van der Waals surface area (Å²) in [5.74, 6) is 0.760. The van der Waals surface area contributed by atoms with Crippen molar-refractivity contribution in [2.45, 2.75) is 39.3 Å². The Morgan fingerprint density at radius 2 is 2.05 bits per heavy atom. The minimum atomic E-state index is -0.558. The van der Waals surface area contributed by atoms with Crippen molar-refractivity contribution in [1.29, 1.82) is 0 Å². The van der Waals surface area contributed by atoms with Crippen LogP contribution in [0.25, 0.3) is 11.1 Å².